The van der Waals surface area contributed by atoms with E-state index in [0.717, 1.165) is 5.69 Å². The van der Waals surface area contributed by atoms with Gasteiger partial charge in [0.2, 0.25) is 5.91 Å². The summed E-state index contributed by atoms with van der Waals surface area (Å²) in [5, 5.41) is 3.94. The Morgan fingerprint density at radius 3 is 2.63 bits per heavy atom. The first-order valence-electron chi connectivity index (χ1n) is 9.08. The van der Waals surface area contributed by atoms with Crippen molar-refractivity contribution in [2.45, 2.75) is 11.6 Å². The first kappa shape index (κ1) is 20.2. The second-order valence-corrected chi connectivity index (χ2v) is 7.71. The van der Waals surface area contributed by atoms with Crippen LogP contribution in [0.15, 0.2) is 69.0 Å². The van der Waals surface area contributed by atoms with Crippen LogP contribution in [0, 0.1) is 0 Å². The van der Waals surface area contributed by atoms with Crippen LogP contribution in [0.25, 0.3) is 22.9 Å². The number of imidazole rings is 1. The fraction of sp³-hybridized carbons (Fsp3) is 0.143. The van der Waals surface area contributed by atoms with E-state index in [1.165, 1.54) is 11.8 Å². The third kappa shape index (κ3) is 4.55. The lowest BCUT2D eigenvalue weighted by atomic mass is 10.2. The Balaban J connectivity index is 1.39. The van der Waals surface area contributed by atoms with Crippen molar-refractivity contribution in [2.24, 2.45) is 0 Å². The molecule has 0 radical (unpaired) electrons. The van der Waals surface area contributed by atoms with Crippen molar-refractivity contribution in [3.05, 3.63) is 60.0 Å². The number of nitrogens with zero attached hydrogens (tertiary/aromatic N) is 1. The summed E-state index contributed by atoms with van der Waals surface area (Å²) < 4.78 is 16.1. The van der Waals surface area contributed by atoms with Gasteiger partial charge in [0.25, 0.3) is 0 Å². The number of methoxy groups -OCH3 is 1. The number of rotatable bonds is 8. The Hall–Kier alpha value is -3.10. The van der Waals surface area contributed by atoms with Gasteiger partial charge in [0.1, 0.15) is 17.1 Å². The molecule has 0 aliphatic rings. The Labute approximate surface area is 181 Å². The number of carbonyl (C=O) groups excluding carboxylic acids is 1. The maximum Gasteiger partial charge on any atom is 0.225 e. The summed E-state index contributed by atoms with van der Waals surface area (Å²) in [6.45, 7) is 0. The number of H-pyrrole nitrogens is 1. The molecule has 0 aliphatic carbocycles. The summed E-state index contributed by atoms with van der Waals surface area (Å²) in [6, 6.07) is 12.4. The predicted octanol–water partition coefficient (Wildman–Crippen LogP) is 5.71. The number of hydrogen-bond donors (Lipinski definition) is 2. The number of hydrogen-bond acceptors (Lipinski definition) is 6. The van der Waals surface area contributed by atoms with E-state index < -0.39 is 0 Å². The Kier molecular flexibility index (Phi) is 6.15. The number of halogens is 1. The second-order valence-electron chi connectivity index (χ2n) is 6.22. The molecule has 0 fully saturated rings. The zero-order chi connectivity index (χ0) is 20.9. The van der Waals surface area contributed by atoms with E-state index in [0.29, 0.717) is 51.0 Å². The van der Waals surface area contributed by atoms with E-state index in [9.17, 15) is 4.79 Å². The van der Waals surface area contributed by atoms with Gasteiger partial charge in [0, 0.05) is 17.9 Å². The predicted molar refractivity (Wildman–Crippen MR) is 116 cm³/mol. The molecule has 7 nitrogen and oxygen atoms in total. The van der Waals surface area contributed by atoms with Crippen molar-refractivity contribution in [1.82, 2.24) is 9.97 Å². The maximum absolute atomic E-state index is 12.3. The molecule has 3 heterocycles. The number of nitrogens with one attached hydrogen (secondary N) is 2. The number of ether oxygens (including phenoxy) is 1. The summed E-state index contributed by atoms with van der Waals surface area (Å²) >= 11 is 7.53. The van der Waals surface area contributed by atoms with E-state index in [1.54, 1.807) is 43.9 Å². The summed E-state index contributed by atoms with van der Waals surface area (Å²) in [4.78, 5) is 20.1. The molecule has 30 heavy (non-hydrogen) atoms. The molecule has 0 aliphatic heterocycles. The van der Waals surface area contributed by atoms with Crippen molar-refractivity contribution >= 4 is 35.0 Å². The minimum absolute atomic E-state index is 0.118. The lowest BCUT2D eigenvalue weighted by Crippen LogP contribution is -2.12. The normalized spacial score (nSPS) is 10.9. The third-order valence-corrected chi connectivity index (χ3v) is 5.38. The van der Waals surface area contributed by atoms with Gasteiger partial charge in [-0.25, -0.2) is 4.98 Å². The van der Waals surface area contributed by atoms with Crippen LogP contribution >= 0.6 is 23.4 Å². The van der Waals surface area contributed by atoms with Crippen LogP contribution in [0.1, 0.15) is 6.42 Å². The van der Waals surface area contributed by atoms with Crippen LogP contribution in [0.3, 0.4) is 0 Å². The molecule has 0 atom stereocenters. The highest BCUT2D eigenvalue weighted by Crippen LogP contribution is 2.33. The second kappa shape index (κ2) is 9.15. The molecular formula is C21H18ClN3O4S. The van der Waals surface area contributed by atoms with Crippen LogP contribution in [-0.2, 0) is 4.79 Å². The first-order chi connectivity index (χ1) is 14.6. The first-order valence-corrected chi connectivity index (χ1v) is 10.4. The smallest absolute Gasteiger partial charge is 0.225 e. The van der Waals surface area contributed by atoms with Gasteiger partial charge in [0.15, 0.2) is 16.7 Å². The molecule has 3 aromatic heterocycles. The molecule has 0 unspecified atom stereocenters. The Bertz CT molecular complexity index is 1070. The van der Waals surface area contributed by atoms with E-state index in [4.69, 9.17) is 25.2 Å². The number of carbonyl (C=O) groups is 1. The average Bonchev–Trinajstić information content (AvgIpc) is 3.48. The van der Waals surface area contributed by atoms with E-state index in [1.807, 2.05) is 18.2 Å². The number of benzene rings is 1. The van der Waals surface area contributed by atoms with E-state index in [2.05, 4.69) is 15.3 Å². The number of thioether (sulfide) groups is 1. The molecule has 0 saturated carbocycles. The highest BCUT2D eigenvalue weighted by Gasteiger charge is 2.18. The zero-order valence-corrected chi connectivity index (χ0v) is 17.5. The third-order valence-electron chi connectivity index (χ3n) is 4.21. The topological polar surface area (TPSA) is 93.3 Å². The number of anilines is 1. The summed E-state index contributed by atoms with van der Waals surface area (Å²) in [6.07, 6.45) is 3.50. The molecule has 0 spiro atoms. The van der Waals surface area contributed by atoms with E-state index in [-0.39, 0.29) is 5.91 Å². The number of aromatic nitrogens is 2. The molecule has 4 aromatic rings. The van der Waals surface area contributed by atoms with E-state index >= 15 is 0 Å². The lowest BCUT2D eigenvalue weighted by Gasteiger charge is -2.07. The monoisotopic (exact) mass is 443 g/mol. The van der Waals surface area contributed by atoms with Crippen molar-refractivity contribution in [3.63, 3.8) is 0 Å². The minimum atomic E-state index is -0.118. The molecule has 4 rings (SSSR count). The SMILES string of the molecule is COc1ccc(NC(=O)CCSc2nc(-c3ccco3)c(-c3ccco3)[nH]2)cc1Cl. The average molecular weight is 444 g/mol. The number of aromatic amines is 1. The van der Waals surface area contributed by atoms with Gasteiger partial charge in [-0.15, -0.1) is 0 Å². The summed E-state index contributed by atoms with van der Waals surface area (Å²) in [7, 11) is 1.54. The highest BCUT2D eigenvalue weighted by atomic mass is 35.5. The minimum Gasteiger partial charge on any atom is -0.495 e. The highest BCUT2D eigenvalue weighted by molar-refractivity contribution is 7.99. The Morgan fingerprint density at radius 2 is 1.97 bits per heavy atom. The molecule has 9 heteroatoms. The lowest BCUT2D eigenvalue weighted by molar-refractivity contribution is -0.115. The van der Waals surface area contributed by atoms with Gasteiger partial charge >= 0.3 is 0 Å². The Morgan fingerprint density at radius 1 is 1.20 bits per heavy atom. The quantitative estimate of drug-likeness (QED) is 0.338. The number of furan rings is 2. The molecule has 1 amide bonds. The van der Waals surface area contributed by atoms with Gasteiger partial charge in [0.05, 0.1) is 24.7 Å². The van der Waals surface area contributed by atoms with Crippen LogP contribution in [-0.4, -0.2) is 28.7 Å². The number of amides is 1. The van der Waals surface area contributed by atoms with Crippen LogP contribution in [0.2, 0.25) is 5.02 Å². The van der Waals surface area contributed by atoms with Crippen molar-refractivity contribution < 1.29 is 18.4 Å². The standard InChI is InChI=1S/C21H18ClN3O4S/c1-27-15-7-6-13(12-14(15)22)23-18(26)8-11-30-21-24-19(16-4-2-9-28-16)20(25-21)17-5-3-10-29-17/h2-7,9-10,12H,8,11H2,1H3,(H,23,26)(H,24,25). The largest absolute Gasteiger partial charge is 0.495 e. The molecular weight excluding hydrogens is 426 g/mol. The fourth-order valence-electron chi connectivity index (χ4n) is 2.82. The maximum atomic E-state index is 12.3. The molecule has 2 N–H and O–H groups in total. The van der Waals surface area contributed by atoms with Gasteiger partial charge in [-0.2, -0.15) is 0 Å². The summed E-state index contributed by atoms with van der Waals surface area (Å²) in [5.41, 5.74) is 2.01. The zero-order valence-electron chi connectivity index (χ0n) is 16.0. The van der Waals surface area contributed by atoms with Crippen molar-refractivity contribution in [2.75, 3.05) is 18.2 Å². The van der Waals surface area contributed by atoms with Gasteiger partial charge in [-0.3, -0.25) is 4.79 Å². The van der Waals surface area contributed by atoms with Gasteiger partial charge in [-0.05, 0) is 42.5 Å². The van der Waals surface area contributed by atoms with Crippen LogP contribution < -0.4 is 10.1 Å². The van der Waals surface area contributed by atoms with Crippen molar-refractivity contribution in [1.29, 1.82) is 0 Å². The fourth-order valence-corrected chi connectivity index (χ4v) is 3.89. The molecule has 154 valence electrons. The molecule has 0 bridgehead atoms. The van der Waals surface area contributed by atoms with Crippen LogP contribution in [0.4, 0.5) is 5.69 Å². The van der Waals surface area contributed by atoms with Gasteiger partial charge in [-0.1, -0.05) is 23.4 Å². The van der Waals surface area contributed by atoms with Crippen LogP contribution in [0.5, 0.6) is 5.75 Å². The molecule has 0 saturated heterocycles. The summed E-state index contributed by atoms with van der Waals surface area (Å²) in [5.74, 6) is 2.28. The molecule has 1 aromatic carbocycles. The van der Waals surface area contributed by atoms with Gasteiger partial charge < -0.3 is 23.9 Å². The van der Waals surface area contributed by atoms with Crippen molar-refractivity contribution in [3.8, 4) is 28.7 Å².